The Kier molecular flexibility index (Phi) is 4.87. The minimum Gasteiger partial charge on any atom is -0.462 e. The van der Waals surface area contributed by atoms with Crippen LogP contribution in [0.25, 0.3) is 0 Å². The van der Waals surface area contributed by atoms with Crippen molar-refractivity contribution in [3.63, 3.8) is 0 Å². The van der Waals surface area contributed by atoms with Gasteiger partial charge in [-0.05, 0) is 43.3 Å². The van der Waals surface area contributed by atoms with Crippen LogP contribution < -0.4 is 5.32 Å². The molecule has 5 heteroatoms. The van der Waals surface area contributed by atoms with E-state index in [1.165, 1.54) is 0 Å². The van der Waals surface area contributed by atoms with Crippen LogP contribution in [0.2, 0.25) is 0 Å². The van der Waals surface area contributed by atoms with Crippen molar-refractivity contribution in [3.05, 3.63) is 65.2 Å². The molecule has 1 N–H and O–H groups in total. The fourth-order valence-corrected chi connectivity index (χ4v) is 1.85. The highest BCUT2D eigenvalue weighted by Crippen LogP contribution is 2.15. The smallest absolute Gasteiger partial charge is 0.338 e. The van der Waals surface area contributed by atoms with Gasteiger partial charge in [-0.2, -0.15) is 0 Å². The van der Waals surface area contributed by atoms with Crippen molar-refractivity contribution >= 4 is 11.7 Å². The lowest BCUT2D eigenvalue weighted by Crippen LogP contribution is -2.06. The van der Waals surface area contributed by atoms with E-state index in [1.807, 2.05) is 0 Å². The third-order valence-corrected chi connectivity index (χ3v) is 2.86. The Hall–Kier alpha value is -2.43. The predicted octanol–water partition coefficient (Wildman–Crippen LogP) is 3.75. The highest BCUT2D eigenvalue weighted by Gasteiger charge is 2.07. The largest absolute Gasteiger partial charge is 0.462 e. The molecule has 0 aromatic heterocycles. The quantitative estimate of drug-likeness (QED) is 0.853. The first-order valence-corrected chi connectivity index (χ1v) is 6.55. The monoisotopic (exact) mass is 291 g/mol. The van der Waals surface area contributed by atoms with Gasteiger partial charge < -0.3 is 10.1 Å². The van der Waals surface area contributed by atoms with Crippen molar-refractivity contribution in [2.24, 2.45) is 0 Å². The van der Waals surface area contributed by atoms with Crippen LogP contribution in [-0.2, 0) is 11.3 Å². The van der Waals surface area contributed by atoms with Crippen LogP contribution in [0, 0.1) is 11.6 Å². The molecule has 0 fully saturated rings. The van der Waals surface area contributed by atoms with E-state index in [4.69, 9.17) is 4.74 Å². The number of carbonyl (C=O) groups is 1. The lowest BCUT2D eigenvalue weighted by molar-refractivity contribution is 0.0526. The summed E-state index contributed by atoms with van der Waals surface area (Å²) in [5, 5.41) is 2.95. The van der Waals surface area contributed by atoms with Crippen LogP contribution in [0.15, 0.2) is 42.5 Å². The number of rotatable bonds is 5. The Balaban J connectivity index is 2.08. The molecular weight excluding hydrogens is 276 g/mol. The van der Waals surface area contributed by atoms with Gasteiger partial charge >= 0.3 is 5.97 Å². The van der Waals surface area contributed by atoms with Gasteiger partial charge in [-0.15, -0.1) is 0 Å². The summed E-state index contributed by atoms with van der Waals surface area (Å²) in [6.07, 6.45) is 0. The maximum Gasteiger partial charge on any atom is 0.338 e. The SMILES string of the molecule is CCOC(=O)c1cccc(NCc2cc(F)ccc2F)c1. The Bertz CT molecular complexity index is 644. The summed E-state index contributed by atoms with van der Waals surface area (Å²) in [5.74, 6) is -1.39. The molecule has 3 nitrogen and oxygen atoms in total. The second-order valence-electron chi connectivity index (χ2n) is 4.39. The van der Waals surface area contributed by atoms with Gasteiger partial charge in [0.15, 0.2) is 0 Å². The van der Waals surface area contributed by atoms with Gasteiger partial charge in [0, 0.05) is 17.8 Å². The predicted molar refractivity (Wildman–Crippen MR) is 76.1 cm³/mol. The molecule has 2 aromatic carbocycles. The first-order chi connectivity index (χ1) is 10.1. The molecule has 2 aromatic rings. The summed E-state index contributed by atoms with van der Waals surface area (Å²) in [6.45, 7) is 2.15. The summed E-state index contributed by atoms with van der Waals surface area (Å²) in [6, 6.07) is 9.96. The number of ether oxygens (including phenoxy) is 1. The van der Waals surface area contributed by atoms with Crippen molar-refractivity contribution in [1.29, 1.82) is 0 Å². The zero-order valence-electron chi connectivity index (χ0n) is 11.5. The standard InChI is InChI=1S/C16H15F2NO2/c1-2-21-16(20)11-4-3-5-14(9-11)19-10-12-8-13(17)6-7-15(12)18/h3-9,19H,2,10H2,1H3. The number of nitrogens with one attached hydrogen (secondary N) is 1. The molecule has 2 rings (SSSR count). The van der Waals surface area contributed by atoms with E-state index in [-0.39, 0.29) is 12.1 Å². The van der Waals surface area contributed by atoms with E-state index in [1.54, 1.807) is 31.2 Å². The number of benzene rings is 2. The molecule has 0 saturated heterocycles. The van der Waals surface area contributed by atoms with Crippen LogP contribution in [0.1, 0.15) is 22.8 Å². The molecule has 0 heterocycles. The third kappa shape index (κ3) is 4.02. The maximum absolute atomic E-state index is 13.5. The number of halogens is 2. The van der Waals surface area contributed by atoms with E-state index in [9.17, 15) is 13.6 Å². The number of anilines is 1. The van der Waals surface area contributed by atoms with Gasteiger partial charge in [0.25, 0.3) is 0 Å². The van der Waals surface area contributed by atoms with Crippen molar-refractivity contribution in [3.8, 4) is 0 Å². The van der Waals surface area contributed by atoms with Crippen LogP contribution in [0.4, 0.5) is 14.5 Å². The topological polar surface area (TPSA) is 38.3 Å². The van der Waals surface area contributed by atoms with Gasteiger partial charge in [-0.25, -0.2) is 13.6 Å². The molecule has 0 unspecified atom stereocenters. The average molecular weight is 291 g/mol. The number of hydrogen-bond acceptors (Lipinski definition) is 3. The summed E-state index contributed by atoms with van der Waals surface area (Å²) in [4.78, 5) is 11.6. The summed E-state index contributed by atoms with van der Waals surface area (Å²) >= 11 is 0. The molecule has 0 spiro atoms. The molecule has 0 aliphatic rings. The Morgan fingerprint density at radius 3 is 2.76 bits per heavy atom. The lowest BCUT2D eigenvalue weighted by atomic mass is 10.1. The van der Waals surface area contributed by atoms with Crippen LogP contribution >= 0.6 is 0 Å². The van der Waals surface area contributed by atoms with E-state index in [0.29, 0.717) is 17.9 Å². The minimum atomic E-state index is -0.492. The molecule has 21 heavy (non-hydrogen) atoms. The first kappa shape index (κ1) is 15.0. The molecule has 0 amide bonds. The van der Waals surface area contributed by atoms with Crippen molar-refractivity contribution in [2.45, 2.75) is 13.5 Å². The van der Waals surface area contributed by atoms with Gasteiger partial charge in [0.05, 0.1) is 12.2 Å². The molecule has 0 atom stereocenters. The summed E-state index contributed by atoms with van der Waals surface area (Å²) in [7, 11) is 0. The highest BCUT2D eigenvalue weighted by molar-refractivity contribution is 5.90. The summed E-state index contributed by atoms with van der Waals surface area (Å²) < 4.78 is 31.5. The first-order valence-electron chi connectivity index (χ1n) is 6.55. The fraction of sp³-hybridized carbons (Fsp3) is 0.188. The van der Waals surface area contributed by atoms with Gasteiger partial charge in [0.2, 0.25) is 0 Å². The van der Waals surface area contributed by atoms with Gasteiger partial charge in [-0.1, -0.05) is 6.07 Å². The van der Waals surface area contributed by atoms with Crippen molar-refractivity contribution in [1.82, 2.24) is 0 Å². The van der Waals surface area contributed by atoms with Gasteiger partial charge in [0.1, 0.15) is 11.6 Å². The number of hydrogen-bond donors (Lipinski definition) is 1. The average Bonchev–Trinajstić information content (AvgIpc) is 2.49. The van der Waals surface area contributed by atoms with E-state index in [0.717, 1.165) is 18.2 Å². The fourth-order valence-electron chi connectivity index (χ4n) is 1.85. The lowest BCUT2D eigenvalue weighted by Gasteiger charge is -2.09. The molecule has 110 valence electrons. The second kappa shape index (κ2) is 6.83. The Morgan fingerprint density at radius 1 is 1.19 bits per heavy atom. The van der Waals surface area contributed by atoms with Crippen LogP contribution in [0.5, 0.6) is 0 Å². The number of esters is 1. The zero-order chi connectivity index (χ0) is 15.2. The van der Waals surface area contributed by atoms with Crippen LogP contribution in [-0.4, -0.2) is 12.6 Å². The molecule has 0 aliphatic heterocycles. The summed E-state index contributed by atoms with van der Waals surface area (Å²) in [5.41, 5.74) is 1.25. The molecule has 0 saturated carbocycles. The normalized spacial score (nSPS) is 10.2. The highest BCUT2D eigenvalue weighted by atomic mass is 19.1. The van der Waals surface area contributed by atoms with E-state index < -0.39 is 17.6 Å². The van der Waals surface area contributed by atoms with E-state index in [2.05, 4.69) is 5.32 Å². The van der Waals surface area contributed by atoms with E-state index >= 15 is 0 Å². The van der Waals surface area contributed by atoms with Gasteiger partial charge in [-0.3, -0.25) is 0 Å². The van der Waals surface area contributed by atoms with Crippen molar-refractivity contribution in [2.75, 3.05) is 11.9 Å². The zero-order valence-corrected chi connectivity index (χ0v) is 11.5. The number of carbonyl (C=O) groups excluding carboxylic acids is 1. The minimum absolute atomic E-state index is 0.121. The molecular formula is C16H15F2NO2. The second-order valence-corrected chi connectivity index (χ2v) is 4.39. The Morgan fingerprint density at radius 2 is 2.00 bits per heavy atom. The third-order valence-electron chi connectivity index (χ3n) is 2.86. The molecule has 0 bridgehead atoms. The molecule has 0 aliphatic carbocycles. The molecule has 0 radical (unpaired) electrons. The van der Waals surface area contributed by atoms with Crippen LogP contribution in [0.3, 0.4) is 0 Å². The van der Waals surface area contributed by atoms with Crippen molar-refractivity contribution < 1.29 is 18.3 Å². The maximum atomic E-state index is 13.5. The Labute approximate surface area is 121 Å².